The van der Waals surface area contributed by atoms with Crippen LogP contribution in [0.15, 0.2) is 23.1 Å². The molecule has 0 unspecified atom stereocenters. The fraction of sp³-hybridized carbons (Fsp3) is 0.364. The molecule has 1 aromatic carbocycles. The number of halogens is 3. The topological polar surface area (TPSA) is 89.3 Å². The highest BCUT2D eigenvalue weighted by molar-refractivity contribution is 7.90. The minimum atomic E-state index is -4.37. The molecule has 1 amide bonds. The van der Waals surface area contributed by atoms with Gasteiger partial charge >= 0.3 is 6.18 Å². The highest BCUT2D eigenvalue weighted by Crippen LogP contribution is 2.19. The average molecular weight is 310 g/mol. The van der Waals surface area contributed by atoms with E-state index in [2.05, 4.69) is 5.32 Å². The van der Waals surface area contributed by atoms with Crippen molar-refractivity contribution < 1.29 is 26.4 Å². The molecular weight excluding hydrogens is 297 g/mol. The number of sulfone groups is 1. The summed E-state index contributed by atoms with van der Waals surface area (Å²) in [5, 5.41) is 2.05. The van der Waals surface area contributed by atoms with Crippen LogP contribution in [-0.4, -0.2) is 33.3 Å². The maximum atomic E-state index is 11.9. The minimum Gasteiger partial charge on any atom is -0.399 e. The number of nitrogen functional groups attached to an aromatic ring is 1. The number of anilines is 1. The standard InChI is InChI=1S/C11H13F3N2O3S/c1-20(18,19)9-5-7(4-8(15)6-9)10(17)16-3-2-11(12,13)14/h4-6H,2-3,15H2,1H3,(H,16,17). The lowest BCUT2D eigenvalue weighted by Crippen LogP contribution is -2.28. The molecule has 0 aliphatic heterocycles. The van der Waals surface area contributed by atoms with Gasteiger partial charge in [0.05, 0.1) is 11.3 Å². The van der Waals surface area contributed by atoms with Gasteiger partial charge in [0.1, 0.15) is 0 Å². The van der Waals surface area contributed by atoms with Crippen molar-refractivity contribution in [1.82, 2.24) is 5.32 Å². The highest BCUT2D eigenvalue weighted by Gasteiger charge is 2.26. The van der Waals surface area contributed by atoms with Crippen molar-refractivity contribution in [2.45, 2.75) is 17.5 Å². The Hall–Kier alpha value is -1.77. The summed E-state index contributed by atoms with van der Waals surface area (Å²) in [7, 11) is -3.57. The first-order valence-corrected chi connectivity index (χ1v) is 7.34. The molecule has 20 heavy (non-hydrogen) atoms. The smallest absolute Gasteiger partial charge is 0.390 e. The molecule has 9 heteroatoms. The van der Waals surface area contributed by atoms with Crippen molar-refractivity contribution in [1.29, 1.82) is 0 Å². The van der Waals surface area contributed by atoms with Crippen LogP contribution in [0.4, 0.5) is 18.9 Å². The van der Waals surface area contributed by atoms with E-state index in [1.807, 2.05) is 0 Å². The zero-order chi connectivity index (χ0) is 15.6. The van der Waals surface area contributed by atoms with Crippen LogP contribution >= 0.6 is 0 Å². The normalized spacial score (nSPS) is 12.2. The predicted octanol–water partition coefficient (Wildman–Crippen LogP) is 1.35. The molecule has 0 saturated heterocycles. The maximum Gasteiger partial charge on any atom is 0.390 e. The fourth-order valence-electron chi connectivity index (χ4n) is 1.39. The molecule has 1 aromatic rings. The second-order valence-electron chi connectivity index (χ2n) is 4.18. The van der Waals surface area contributed by atoms with Crippen molar-refractivity contribution in [3.8, 4) is 0 Å². The van der Waals surface area contributed by atoms with Gasteiger partial charge in [0.25, 0.3) is 5.91 Å². The van der Waals surface area contributed by atoms with Crippen LogP contribution in [0.5, 0.6) is 0 Å². The Kier molecular flexibility index (Phi) is 4.64. The quantitative estimate of drug-likeness (QED) is 0.822. The lowest BCUT2D eigenvalue weighted by atomic mass is 10.2. The number of benzene rings is 1. The van der Waals surface area contributed by atoms with Crippen molar-refractivity contribution in [2.75, 3.05) is 18.5 Å². The molecule has 0 saturated carbocycles. The van der Waals surface area contributed by atoms with E-state index < -0.39 is 34.9 Å². The molecule has 0 fully saturated rings. The Balaban J connectivity index is 2.86. The van der Waals surface area contributed by atoms with Gasteiger partial charge in [-0.15, -0.1) is 0 Å². The third-order valence-electron chi connectivity index (χ3n) is 2.31. The average Bonchev–Trinajstić information content (AvgIpc) is 2.25. The summed E-state index contributed by atoms with van der Waals surface area (Å²) < 4.78 is 58.6. The number of carbonyl (C=O) groups is 1. The van der Waals surface area contributed by atoms with E-state index in [1.165, 1.54) is 12.1 Å². The van der Waals surface area contributed by atoms with Gasteiger partial charge < -0.3 is 11.1 Å². The summed E-state index contributed by atoms with van der Waals surface area (Å²) in [6.45, 7) is -0.592. The van der Waals surface area contributed by atoms with Crippen LogP contribution in [0.1, 0.15) is 16.8 Å². The summed E-state index contributed by atoms with van der Waals surface area (Å²) in [6, 6.07) is 3.42. The van der Waals surface area contributed by atoms with Gasteiger partial charge in [0, 0.05) is 24.1 Å². The maximum absolute atomic E-state index is 11.9. The number of carbonyl (C=O) groups excluding carboxylic acids is 1. The second kappa shape index (κ2) is 5.70. The highest BCUT2D eigenvalue weighted by atomic mass is 32.2. The van der Waals surface area contributed by atoms with Crippen LogP contribution in [0.3, 0.4) is 0 Å². The van der Waals surface area contributed by atoms with Crippen molar-refractivity contribution in [3.63, 3.8) is 0 Å². The first-order chi connectivity index (χ1) is 8.99. The van der Waals surface area contributed by atoms with Gasteiger partial charge in [-0.2, -0.15) is 13.2 Å². The lowest BCUT2D eigenvalue weighted by molar-refractivity contribution is -0.132. The zero-order valence-corrected chi connectivity index (χ0v) is 11.3. The van der Waals surface area contributed by atoms with Crippen LogP contribution in [0.25, 0.3) is 0 Å². The molecule has 1 rings (SSSR count). The molecule has 0 aliphatic rings. The number of hydrogen-bond acceptors (Lipinski definition) is 4. The molecule has 0 atom stereocenters. The third kappa shape index (κ3) is 5.08. The predicted molar refractivity (Wildman–Crippen MR) is 67.0 cm³/mol. The van der Waals surface area contributed by atoms with Gasteiger partial charge in [-0.1, -0.05) is 0 Å². The van der Waals surface area contributed by atoms with Gasteiger partial charge in [-0.25, -0.2) is 8.42 Å². The Morgan fingerprint density at radius 1 is 1.30 bits per heavy atom. The van der Waals surface area contributed by atoms with Crippen LogP contribution in [0.2, 0.25) is 0 Å². The molecule has 0 aromatic heterocycles. The van der Waals surface area contributed by atoms with E-state index in [4.69, 9.17) is 5.73 Å². The van der Waals surface area contributed by atoms with E-state index >= 15 is 0 Å². The number of rotatable bonds is 4. The number of hydrogen-bond donors (Lipinski definition) is 2. The van der Waals surface area contributed by atoms with Crippen LogP contribution < -0.4 is 11.1 Å². The molecule has 0 radical (unpaired) electrons. The summed E-state index contributed by atoms with van der Waals surface area (Å²) in [5.41, 5.74) is 5.40. The summed E-state index contributed by atoms with van der Waals surface area (Å²) in [5.74, 6) is -0.813. The van der Waals surface area contributed by atoms with Gasteiger partial charge in [0.15, 0.2) is 9.84 Å². The monoisotopic (exact) mass is 310 g/mol. The summed E-state index contributed by atoms with van der Waals surface area (Å²) in [6.07, 6.45) is -4.60. The van der Waals surface area contributed by atoms with Crippen molar-refractivity contribution >= 4 is 21.4 Å². The Labute approximate surface area is 113 Å². The first kappa shape index (κ1) is 16.3. The van der Waals surface area contributed by atoms with Gasteiger partial charge in [-0.05, 0) is 18.2 Å². The van der Waals surface area contributed by atoms with Gasteiger partial charge in [-0.3, -0.25) is 4.79 Å². The number of nitrogens with two attached hydrogens (primary N) is 1. The molecule has 3 N–H and O–H groups in total. The van der Waals surface area contributed by atoms with E-state index in [0.29, 0.717) is 0 Å². The fourth-order valence-corrected chi connectivity index (χ4v) is 2.08. The molecule has 0 heterocycles. The molecule has 0 spiro atoms. The number of alkyl halides is 3. The summed E-state index contributed by atoms with van der Waals surface area (Å²) in [4.78, 5) is 11.5. The lowest BCUT2D eigenvalue weighted by Gasteiger charge is -2.09. The Morgan fingerprint density at radius 2 is 1.90 bits per heavy atom. The van der Waals surface area contributed by atoms with E-state index in [-0.39, 0.29) is 16.1 Å². The van der Waals surface area contributed by atoms with E-state index in [0.717, 1.165) is 12.3 Å². The van der Waals surface area contributed by atoms with E-state index in [1.54, 1.807) is 0 Å². The second-order valence-corrected chi connectivity index (χ2v) is 6.20. The summed E-state index contributed by atoms with van der Waals surface area (Å²) >= 11 is 0. The van der Waals surface area contributed by atoms with Crippen molar-refractivity contribution in [3.05, 3.63) is 23.8 Å². The molecule has 5 nitrogen and oxygen atoms in total. The van der Waals surface area contributed by atoms with E-state index in [9.17, 15) is 26.4 Å². The largest absolute Gasteiger partial charge is 0.399 e. The number of nitrogens with one attached hydrogen (secondary N) is 1. The molecule has 0 aliphatic carbocycles. The Morgan fingerprint density at radius 3 is 2.40 bits per heavy atom. The van der Waals surface area contributed by atoms with Crippen LogP contribution in [-0.2, 0) is 9.84 Å². The number of amides is 1. The zero-order valence-electron chi connectivity index (χ0n) is 10.5. The molecule has 0 bridgehead atoms. The Bertz CT molecular complexity index is 612. The van der Waals surface area contributed by atoms with Crippen LogP contribution in [0, 0.1) is 0 Å². The first-order valence-electron chi connectivity index (χ1n) is 5.44. The SMILES string of the molecule is CS(=O)(=O)c1cc(N)cc(C(=O)NCCC(F)(F)F)c1. The molecule has 112 valence electrons. The van der Waals surface area contributed by atoms with Crippen molar-refractivity contribution in [2.24, 2.45) is 0 Å². The van der Waals surface area contributed by atoms with Gasteiger partial charge in [0.2, 0.25) is 0 Å². The third-order valence-corrected chi connectivity index (χ3v) is 3.41. The minimum absolute atomic E-state index is 0.0360. The molecular formula is C11H13F3N2O3S.